The second-order valence-electron chi connectivity index (χ2n) is 5.25. The van der Waals surface area contributed by atoms with Crippen LogP contribution in [-0.2, 0) is 10.0 Å². The van der Waals surface area contributed by atoms with Gasteiger partial charge in [-0.25, -0.2) is 21.5 Å². The third-order valence-corrected chi connectivity index (χ3v) is 6.02. The molecule has 1 aliphatic rings. The number of hydrogen-bond donors (Lipinski definition) is 1. The van der Waals surface area contributed by atoms with Gasteiger partial charge in [-0.3, -0.25) is 0 Å². The molecule has 1 unspecified atom stereocenters. The van der Waals surface area contributed by atoms with Gasteiger partial charge in [-0.15, -0.1) is 11.8 Å². The molecule has 0 aromatic heterocycles. The van der Waals surface area contributed by atoms with Gasteiger partial charge in [-0.2, -0.15) is 0 Å². The number of sulfonamides is 1. The van der Waals surface area contributed by atoms with Gasteiger partial charge in [-0.05, 0) is 30.9 Å². The summed E-state index contributed by atoms with van der Waals surface area (Å²) in [4.78, 5) is -0.0549. The Bertz CT molecular complexity index is 600. The fourth-order valence-corrected chi connectivity index (χ4v) is 4.39. The van der Waals surface area contributed by atoms with Crippen LogP contribution in [0.3, 0.4) is 0 Å². The Hall–Kier alpha value is -0.860. The molecule has 0 saturated carbocycles. The molecule has 118 valence electrons. The van der Waals surface area contributed by atoms with Gasteiger partial charge < -0.3 is 5.73 Å². The van der Waals surface area contributed by atoms with E-state index >= 15 is 0 Å². The lowest BCUT2D eigenvalue weighted by atomic mass is 10.0. The quantitative estimate of drug-likeness (QED) is 0.677. The zero-order valence-corrected chi connectivity index (χ0v) is 13.3. The first-order chi connectivity index (χ1) is 9.77. The van der Waals surface area contributed by atoms with E-state index in [1.54, 1.807) is 0 Å². The molecule has 1 atom stereocenters. The molecular weight excluding hydrogens is 318 g/mol. The van der Waals surface area contributed by atoms with E-state index in [4.69, 9.17) is 5.73 Å². The van der Waals surface area contributed by atoms with Crippen molar-refractivity contribution in [1.82, 2.24) is 4.31 Å². The van der Waals surface area contributed by atoms with Crippen LogP contribution in [0.4, 0.5) is 14.5 Å². The zero-order chi connectivity index (χ0) is 15.6. The zero-order valence-electron chi connectivity index (χ0n) is 11.7. The molecule has 0 aliphatic carbocycles. The molecule has 4 nitrogen and oxygen atoms in total. The summed E-state index contributed by atoms with van der Waals surface area (Å²) in [5, 5.41) is 0. The van der Waals surface area contributed by atoms with Crippen LogP contribution in [-0.4, -0.2) is 37.8 Å². The van der Waals surface area contributed by atoms with Crippen molar-refractivity contribution in [2.24, 2.45) is 5.92 Å². The Morgan fingerprint density at radius 2 is 2.00 bits per heavy atom. The topological polar surface area (TPSA) is 63.4 Å². The molecule has 1 aliphatic heterocycles. The smallest absolute Gasteiger partial charge is 0.211 e. The molecule has 1 aromatic carbocycles. The standard InChI is InChI=1S/C13H18F2N2O2S2/c1-21(18,19)17-4-2-3-9(7-17)8-20-13-11(14)5-10(16)6-12(13)15/h5-6,9H,2-4,7-8,16H2,1H3. The average Bonchev–Trinajstić information content (AvgIpc) is 2.36. The lowest BCUT2D eigenvalue weighted by Gasteiger charge is -2.30. The highest BCUT2D eigenvalue weighted by atomic mass is 32.2. The molecule has 0 spiro atoms. The van der Waals surface area contributed by atoms with Crippen LogP contribution in [0.25, 0.3) is 0 Å². The number of benzene rings is 1. The van der Waals surface area contributed by atoms with Crippen LogP contribution < -0.4 is 5.73 Å². The van der Waals surface area contributed by atoms with Crippen molar-refractivity contribution in [2.45, 2.75) is 17.7 Å². The van der Waals surface area contributed by atoms with E-state index in [0.717, 1.165) is 36.7 Å². The number of nitrogens with zero attached hydrogens (tertiary/aromatic N) is 1. The number of nitrogens with two attached hydrogens (primary N) is 1. The molecule has 2 N–H and O–H groups in total. The predicted molar refractivity (Wildman–Crippen MR) is 80.6 cm³/mol. The van der Waals surface area contributed by atoms with Crippen molar-refractivity contribution >= 4 is 27.5 Å². The largest absolute Gasteiger partial charge is 0.399 e. The summed E-state index contributed by atoms with van der Waals surface area (Å²) < 4.78 is 51.9. The Morgan fingerprint density at radius 3 is 2.57 bits per heavy atom. The van der Waals surface area contributed by atoms with Gasteiger partial charge in [0.2, 0.25) is 10.0 Å². The predicted octanol–water partition coefficient (Wildman–Crippen LogP) is 2.31. The van der Waals surface area contributed by atoms with Crippen LogP contribution in [0.5, 0.6) is 0 Å². The fraction of sp³-hybridized carbons (Fsp3) is 0.538. The van der Waals surface area contributed by atoms with Crippen LogP contribution in [0, 0.1) is 17.6 Å². The van der Waals surface area contributed by atoms with Gasteiger partial charge in [0, 0.05) is 24.5 Å². The summed E-state index contributed by atoms with van der Waals surface area (Å²) in [5.74, 6) is -0.777. The maximum absolute atomic E-state index is 13.7. The molecule has 1 aromatic rings. The lowest BCUT2D eigenvalue weighted by molar-refractivity contribution is 0.286. The lowest BCUT2D eigenvalue weighted by Crippen LogP contribution is -2.39. The minimum absolute atomic E-state index is 0.0512. The highest BCUT2D eigenvalue weighted by molar-refractivity contribution is 7.99. The van der Waals surface area contributed by atoms with E-state index in [1.165, 1.54) is 10.6 Å². The number of hydrogen-bond acceptors (Lipinski definition) is 4. The van der Waals surface area contributed by atoms with Crippen molar-refractivity contribution in [2.75, 3.05) is 30.8 Å². The van der Waals surface area contributed by atoms with Gasteiger partial charge >= 0.3 is 0 Å². The van der Waals surface area contributed by atoms with Crippen molar-refractivity contribution in [3.8, 4) is 0 Å². The molecule has 2 rings (SSSR count). The third kappa shape index (κ3) is 4.31. The van der Waals surface area contributed by atoms with E-state index in [-0.39, 0.29) is 16.5 Å². The Kier molecular flexibility index (Phi) is 5.11. The van der Waals surface area contributed by atoms with E-state index in [0.29, 0.717) is 18.8 Å². The highest BCUT2D eigenvalue weighted by Gasteiger charge is 2.26. The molecule has 0 amide bonds. The number of nitrogen functional groups attached to an aromatic ring is 1. The van der Waals surface area contributed by atoms with Gasteiger partial charge in [0.15, 0.2) is 0 Å². The van der Waals surface area contributed by atoms with Crippen LogP contribution in [0.2, 0.25) is 0 Å². The fourth-order valence-electron chi connectivity index (χ4n) is 2.38. The van der Waals surface area contributed by atoms with Crippen LogP contribution >= 0.6 is 11.8 Å². The van der Waals surface area contributed by atoms with Gasteiger partial charge in [0.1, 0.15) is 11.6 Å². The average molecular weight is 336 g/mol. The Labute approximate surface area is 127 Å². The molecule has 0 radical (unpaired) electrons. The highest BCUT2D eigenvalue weighted by Crippen LogP contribution is 2.31. The van der Waals surface area contributed by atoms with Gasteiger partial charge in [-0.1, -0.05) is 0 Å². The van der Waals surface area contributed by atoms with Crippen LogP contribution in [0.1, 0.15) is 12.8 Å². The van der Waals surface area contributed by atoms with E-state index in [1.807, 2.05) is 0 Å². The number of thioether (sulfide) groups is 1. The maximum Gasteiger partial charge on any atom is 0.211 e. The number of piperidine rings is 1. The number of rotatable bonds is 4. The molecule has 8 heteroatoms. The summed E-state index contributed by atoms with van der Waals surface area (Å²) in [6.45, 7) is 0.925. The molecular formula is C13H18F2N2O2S2. The second-order valence-corrected chi connectivity index (χ2v) is 8.27. The SMILES string of the molecule is CS(=O)(=O)N1CCCC(CSc2c(F)cc(N)cc2F)C1. The molecule has 21 heavy (non-hydrogen) atoms. The monoisotopic (exact) mass is 336 g/mol. The molecule has 0 bridgehead atoms. The summed E-state index contributed by atoms with van der Waals surface area (Å²) in [7, 11) is -3.20. The van der Waals surface area contributed by atoms with E-state index in [2.05, 4.69) is 0 Å². The summed E-state index contributed by atoms with van der Waals surface area (Å²) in [6, 6.07) is 2.18. The Balaban J connectivity index is 2.00. The third-order valence-electron chi connectivity index (χ3n) is 3.43. The minimum Gasteiger partial charge on any atom is -0.399 e. The first-order valence-corrected chi connectivity index (χ1v) is 9.43. The molecule has 1 fully saturated rings. The summed E-state index contributed by atoms with van der Waals surface area (Å²) in [6.07, 6.45) is 2.81. The normalized spacial score (nSPS) is 20.6. The van der Waals surface area contributed by atoms with Crippen LogP contribution in [0.15, 0.2) is 17.0 Å². The van der Waals surface area contributed by atoms with Crippen molar-refractivity contribution in [3.05, 3.63) is 23.8 Å². The van der Waals surface area contributed by atoms with E-state index in [9.17, 15) is 17.2 Å². The first kappa shape index (κ1) is 16.5. The molecule has 1 saturated heterocycles. The van der Waals surface area contributed by atoms with E-state index < -0.39 is 21.7 Å². The number of halogens is 2. The van der Waals surface area contributed by atoms with Crippen molar-refractivity contribution in [1.29, 1.82) is 0 Å². The molecule has 1 heterocycles. The number of anilines is 1. The maximum atomic E-state index is 13.7. The van der Waals surface area contributed by atoms with Gasteiger partial charge in [0.25, 0.3) is 0 Å². The minimum atomic E-state index is -3.20. The summed E-state index contributed by atoms with van der Waals surface area (Å²) >= 11 is 1.07. The summed E-state index contributed by atoms with van der Waals surface area (Å²) in [5.41, 5.74) is 5.42. The van der Waals surface area contributed by atoms with Crippen molar-refractivity contribution in [3.63, 3.8) is 0 Å². The van der Waals surface area contributed by atoms with Gasteiger partial charge in [0.05, 0.1) is 11.2 Å². The Morgan fingerprint density at radius 1 is 1.38 bits per heavy atom. The second kappa shape index (κ2) is 6.50. The van der Waals surface area contributed by atoms with Crippen molar-refractivity contribution < 1.29 is 17.2 Å². The first-order valence-electron chi connectivity index (χ1n) is 6.60.